The van der Waals surface area contributed by atoms with Crippen LogP contribution >= 0.6 is 11.3 Å². The smallest absolute Gasteiger partial charge is 0.150 e. The Morgan fingerprint density at radius 3 is 2.74 bits per heavy atom. The maximum absolute atomic E-state index is 5.95. The molecule has 5 heteroatoms. The van der Waals surface area contributed by atoms with Gasteiger partial charge in [0.25, 0.3) is 0 Å². The molecular weight excluding hydrogens is 256 g/mol. The highest BCUT2D eigenvalue weighted by molar-refractivity contribution is 7.13. The summed E-state index contributed by atoms with van der Waals surface area (Å²) in [4.78, 5) is 9.66. The first kappa shape index (κ1) is 12.1. The van der Waals surface area contributed by atoms with Gasteiger partial charge in [0, 0.05) is 31.3 Å². The molecule has 0 amide bonds. The number of rotatable bonds is 4. The molecule has 0 aromatic carbocycles. The average molecular weight is 270 g/mol. The lowest BCUT2D eigenvalue weighted by molar-refractivity contribution is 0.600. The second-order valence-corrected chi connectivity index (χ2v) is 5.12. The monoisotopic (exact) mass is 270 g/mol. The number of nitrogens with two attached hydrogens (primary N) is 1. The highest BCUT2D eigenvalue weighted by Gasteiger charge is 2.16. The first-order valence-electron chi connectivity index (χ1n) is 6.07. The molecule has 0 saturated carbocycles. The van der Waals surface area contributed by atoms with Crippen LogP contribution in [0.2, 0.25) is 0 Å². The number of aromatic nitrogens is 3. The molecule has 3 rings (SSSR count). The predicted molar refractivity (Wildman–Crippen MR) is 77.0 cm³/mol. The second-order valence-electron chi connectivity index (χ2n) is 4.17. The quantitative estimate of drug-likeness (QED) is 0.792. The van der Waals surface area contributed by atoms with Crippen LogP contribution < -0.4 is 5.73 Å². The molecule has 4 nitrogen and oxygen atoms in total. The summed E-state index contributed by atoms with van der Waals surface area (Å²) in [5, 5.41) is 2.05. The summed E-state index contributed by atoms with van der Waals surface area (Å²) in [5.41, 5.74) is 7.10. The van der Waals surface area contributed by atoms with Crippen molar-refractivity contribution in [3.05, 3.63) is 60.0 Å². The first-order chi connectivity index (χ1) is 9.40. The molecule has 96 valence electrons. The third kappa shape index (κ3) is 2.30. The summed E-state index contributed by atoms with van der Waals surface area (Å²) in [6.07, 6.45) is 7.38. The summed E-state index contributed by atoms with van der Waals surface area (Å²) in [5.74, 6) is 0.960. The van der Waals surface area contributed by atoms with E-state index in [9.17, 15) is 0 Å². The van der Waals surface area contributed by atoms with Crippen LogP contribution in [0.25, 0.3) is 10.7 Å². The van der Waals surface area contributed by atoms with Gasteiger partial charge in [-0.05, 0) is 29.1 Å². The maximum Gasteiger partial charge on any atom is 0.150 e. The zero-order valence-corrected chi connectivity index (χ0v) is 11.1. The lowest BCUT2D eigenvalue weighted by Crippen LogP contribution is -2.20. The fraction of sp³-hybridized carbons (Fsp3) is 0.143. The molecule has 3 heterocycles. The van der Waals surface area contributed by atoms with E-state index < -0.39 is 0 Å². The Morgan fingerprint density at radius 2 is 2.05 bits per heavy atom. The number of pyridine rings is 1. The highest BCUT2D eigenvalue weighted by atomic mass is 32.1. The van der Waals surface area contributed by atoms with Crippen molar-refractivity contribution in [1.29, 1.82) is 0 Å². The Kier molecular flexibility index (Phi) is 3.39. The fourth-order valence-corrected chi connectivity index (χ4v) is 2.88. The molecule has 0 radical (unpaired) electrons. The summed E-state index contributed by atoms with van der Waals surface area (Å²) in [6, 6.07) is 8.18. The van der Waals surface area contributed by atoms with E-state index in [0.29, 0.717) is 6.54 Å². The van der Waals surface area contributed by atoms with Crippen molar-refractivity contribution in [2.75, 3.05) is 6.54 Å². The van der Waals surface area contributed by atoms with E-state index in [1.54, 1.807) is 23.7 Å². The highest BCUT2D eigenvalue weighted by Crippen LogP contribution is 2.27. The van der Waals surface area contributed by atoms with E-state index in [2.05, 4.69) is 26.0 Å². The van der Waals surface area contributed by atoms with Crippen LogP contribution in [-0.4, -0.2) is 21.1 Å². The van der Waals surface area contributed by atoms with E-state index in [4.69, 9.17) is 5.73 Å². The van der Waals surface area contributed by atoms with Crippen molar-refractivity contribution >= 4 is 11.3 Å². The number of hydrogen-bond donors (Lipinski definition) is 1. The third-order valence-corrected chi connectivity index (χ3v) is 3.93. The van der Waals surface area contributed by atoms with Crippen LogP contribution in [0, 0.1) is 0 Å². The van der Waals surface area contributed by atoms with Gasteiger partial charge in [-0.2, -0.15) is 0 Å². The van der Waals surface area contributed by atoms with Gasteiger partial charge in [-0.3, -0.25) is 4.98 Å². The molecule has 1 atom stereocenters. The van der Waals surface area contributed by atoms with E-state index in [1.165, 1.54) is 0 Å². The zero-order valence-electron chi connectivity index (χ0n) is 10.3. The molecule has 0 spiro atoms. The normalized spacial score (nSPS) is 12.5. The van der Waals surface area contributed by atoms with Gasteiger partial charge in [-0.25, -0.2) is 4.98 Å². The number of hydrogen-bond acceptors (Lipinski definition) is 4. The Morgan fingerprint density at radius 1 is 1.21 bits per heavy atom. The van der Waals surface area contributed by atoms with Crippen LogP contribution in [-0.2, 0) is 0 Å². The van der Waals surface area contributed by atoms with Crippen LogP contribution in [0.3, 0.4) is 0 Å². The summed E-state index contributed by atoms with van der Waals surface area (Å²) >= 11 is 1.68. The van der Waals surface area contributed by atoms with Crippen molar-refractivity contribution in [3.63, 3.8) is 0 Å². The standard InChI is InChI=1S/C14H14N4S/c15-10-12(11-3-5-16-6-4-11)18-8-7-17-14(18)13-2-1-9-19-13/h1-9,12H,10,15H2. The molecule has 0 aliphatic carbocycles. The minimum Gasteiger partial charge on any atom is -0.328 e. The van der Waals surface area contributed by atoms with Gasteiger partial charge in [-0.1, -0.05) is 6.07 Å². The Hall–Kier alpha value is -1.98. The SMILES string of the molecule is NCC(c1ccncc1)n1ccnc1-c1cccs1. The molecule has 2 N–H and O–H groups in total. The minimum absolute atomic E-state index is 0.0857. The van der Waals surface area contributed by atoms with Gasteiger partial charge < -0.3 is 10.3 Å². The molecule has 1 unspecified atom stereocenters. The molecule has 0 fully saturated rings. The lowest BCUT2D eigenvalue weighted by Gasteiger charge is -2.19. The van der Waals surface area contributed by atoms with Crippen molar-refractivity contribution in [2.45, 2.75) is 6.04 Å². The van der Waals surface area contributed by atoms with Gasteiger partial charge in [0.15, 0.2) is 5.82 Å². The lowest BCUT2D eigenvalue weighted by atomic mass is 10.1. The van der Waals surface area contributed by atoms with Crippen LogP contribution in [0.4, 0.5) is 0 Å². The van der Waals surface area contributed by atoms with Gasteiger partial charge in [0.1, 0.15) is 0 Å². The summed E-state index contributed by atoms with van der Waals surface area (Å²) in [6.45, 7) is 0.527. The van der Waals surface area contributed by atoms with Gasteiger partial charge in [0.05, 0.1) is 10.9 Å². The topological polar surface area (TPSA) is 56.7 Å². The Balaban J connectivity index is 2.04. The van der Waals surface area contributed by atoms with E-state index >= 15 is 0 Å². The number of imidazole rings is 1. The van der Waals surface area contributed by atoms with Crippen LogP contribution in [0.15, 0.2) is 54.4 Å². The zero-order chi connectivity index (χ0) is 13.1. The van der Waals surface area contributed by atoms with Crippen LogP contribution in [0.5, 0.6) is 0 Å². The minimum atomic E-state index is 0.0857. The second kappa shape index (κ2) is 5.34. The van der Waals surface area contributed by atoms with Crippen molar-refractivity contribution < 1.29 is 0 Å². The van der Waals surface area contributed by atoms with Crippen LogP contribution in [0.1, 0.15) is 11.6 Å². The number of thiophene rings is 1. The van der Waals surface area contributed by atoms with Gasteiger partial charge in [-0.15, -0.1) is 11.3 Å². The first-order valence-corrected chi connectivity index (χ1v) is 6.95. The Bertz CT molecular complexity index is 631. The van der Waals surface area contributed by atoms with Gasteiger partial charge in [0.2, 0.25) is 0 Å². The van der Waals surface area contributed by atoms with E-state index in [0.717, 1.165) is 16.3 Å². The molecule has 0 saturated heterocycles. The third-order valence-electron chi connectivity index (χ3n) is 3.06. The van der Waals surface area contributed by atoms with E-state index in [-0.39, 0.29) is 6.04 Å². The molecule has 19 heavy (non-hydrogen) atoms. The molecular formula is C14H14N4S. The summed E-state index contributed by atoms with van der Waals surface area (Å²) in [7, 11) is 0. The largest absolute Gasteiger partial charge is 0.328 e. The van der Waals surface area contributed by atoms with Crippen molar-refractivity contribution in [2.24, 2.45) is 5.73 Å². The molecule has 0 aliphatic rings. The van der Waals surface area contributed by atoms with E-state index in [1.807, 2.05) is 30.6 Å². The molecule has 3 aromatic rings. The summed E-state index contributed by atoms with van der Waals surface area (Å²) < 4.78 is 2.13. The molecule has 0 bridgehead atoms. The average Bonchev–Trinajstić information content (AvgIpc) is 3.11. The maximum atomic E-state index is 5.95. The van der Waals surface area contributed by atoms with Crippen molar-refractivity contribution in [3.8, 4) is 10.7 Å². The molecule has 3 aromatic heterocycles. The predicted octanol–water partition coefficient (Wildman–Crippen LogP) is 2.55. The van der Waals surface area contributed by atoms with Crippen molar-refractivity contribution in [1.82, 2.24) is 14.5 Å². The fourth-order valence-electron chi connectivity index (χ4n) is 2.16. The van der Waals surface area contributed by atoms with Gasteiger partial charge >= 0.3 is 0 Å². The molecule has 0 aliphatic heterocycles. The Labute approximate surface area is 115 Å². The number of nitrogens with zero attached hydrogens (tertiary/aromatic N) is 3.